The van der Waals surface area contributed by atoms with Crippen LogP contribution in [0.15, 0.2) is 58.2 Å². The first kappa shape index (κ1) is 23.8. The first-order chi connectivity index (χ1) is 15.3. The third-order valence-corrected chi connectivity index (χ3v) is 6.41. The summed E-state index contributed by atoms with van der Waals surface area (Å²) in [6.07, 6.45) is 3.27. The third-order valence-electron chi connectivity index (χ3n) is 5.16. The number of sulfonamides is 1. The van der Waals surface area contributed by atoms with Gasteiger partial charge in [-0.25, -0.2) is 13.6 Å². The van der Waals surface area contributed by atoms with Crippen molar-refractivity contribution in [3.8, 4) is 0 Å². The number of nitrogens with two attached hydrogens (primary N) is 1. The quantitative estimate of drug-likeness (QED) is 0.307. The Morgan fingerprint density at radius 1 is 1.06 bits per heavy atom. The van der Waals surface area contributed by atoms with Gasteiger partial charge >= 0.3 is 0 Å². The second-order valence-corrected chi connectivity index (χ2v) is 9.48. The van der Waals surface area contributed by atoms with E-state index >= 15 is 0 Å². The first-order valence-corrected chi connectivity index (χ1v) is 12.3. The Labute approximate surface area is 191 Å². The Hall–Kier alpha value is -2.82. The fourth-order valence-corrected chi connectivity index (χ4v) is 4.21. The van der Waals surface area contributed by atoms with Crippen molar-refractivity contribution in [3.05, 3.63) is 69.2 Å². The van der Waals surface area contributed by atoms with Crippen molar-refractivity contribution in [1.82, 2.24) is 14.9 Å². The molecular weight excluding hydrogens is 448 g/mol. The molecule has 0 radical (unpaired) electrons. The van der Waals surface area contributed by atoms with Gasteiger partial charge in [0.1, 0.15) is 0 Å². The molecule has 0 saturated heterocycles. The number of carbonyl (C=O) groups excluding carboxylic acids is 1. The van der Waals surface area contributed by atoms with Crippen molar-refractivity contribution >= 4 is 39.1 Å². The number of H-pyrrole nitrogens is 1. The maximum atomic E-state index is 12.6. The maximum Gasteiger partial charge on any atom is 0.262 e. The van der Waals surface area contributed by atoms with E-state index in [1.807, 2.05) is 18.2 Å². The fourth-order valence-electron chi connectivity index (χ4n) is 3.41. The van der Waals surface area contributed by atoms with E-state index in [9.17, 15) is 18.0 Å². The normalized spacial score (nSPS) is 11.5. The molecule has 1 amide bonds. The Morgan fingerprint density at radius 2 is 1.78 bits per heavy atom. The van der Waals surface area contributed by atoms with E-state index in [4.69, 9.17) is 17.4 Å². The number of hydrogen-bond donors (Lipinski definition) is 3. The predicted molar refractivity (Wildman–Crippen MR) is 126 cm³/mol. The van der Waals surface area contributed by atoms with Crippen molar-refractivity contribution in [3.63, 3.8) is 0 Å². The summed E-state index contributed by atoms with van der Waals surface area (Å²) in [5.41, 5.74) is 1.55. The Morgan fingerprint density at radius 3 is 2.50 bits per heavy atom. The average Bonchev–Trinajstić information content (AvgIpc) is 2.75. The molecule has 1 heterocycles. The Kier molecular flexibility index (Phi) is 7.94. The second-order valence-electron chi connectivity index (χ2n) is 7.53. The molecule has 3 aromatic rings. The van der Waals surface area contributed by atoms with Crippen LogP contribution in [0.5, 0.6) is 0 Å². The van der Waals surface area contributed by atoms with Crippen LogP contribution in [0.4, 0.5) is 0 Å². The molecule has 170 valence electrons. The van der Waals surface area contributed by atoms with Gasteiger partial charge in [0.25, 0.3) is 5.56 Å². The first-order valence-electron chi connectivity index (χ1n) is 10.4. The van der Waals surface area contributed by atoms with Crippen molar-refractivity contribution in [2.45, 2.75) is 43.5 Å². The van der Waals surface area contributed by atoms with Gasteiger partial charge in [0, 0.05) is 19.5 Å². The molecule has 3 rings (SSSR count). The zero-order chi connectivity index (χ0) is 23.1. The number of nitrogens with zero attached hydrogens (tertiary/aromatic N) is 1. The SMILES string of the molecule is NS(=O)(=O)c1ccc(CCNC(=O)CCCCCn2c(=S)[nH]c3ccccc3c2=O)cc1. The minimum Gasteiger partial charge on any atom is -0.356 e. The highest BCUT2D eigenvalue weighted by Crippen LogP contribution is 2.10. The van der Waals surface area contributed by atoms with Gasteiger partial charge in [0.15, 0.2) is 4.77 Å². The molecular formula is C22H26N4O4S2. The second kappa shape index (κ2) is 10.7. The van der Waals surface area contributed by atoms with E-state index < -0.39 is 10.0 Å². The predicted octanol–water partition coefficient (Wildman–Crippen LogP) is 2.63. The van der Waals surface area contributed by atoms with Crippen molar-refractivity contribution < 1.29 is 13.2 Å². The number of unbranched alkanes of at least 4 members (excludes halogenated alkanes) is 2. The molecule has 0 aliphatic heterocycles. The molecule has 0 atom stereocenters. The van der Waals surface area contributed by atoms with Gasteiger partial charge in [-0.3, -0.25) is 14.2 Å². The number of amides is 1. The van der Waals surface area contributed by atoms with Crippen LogP contribution in [-0.4, -0.2) is 30.4 Å². The topological polar surface area (TPSA) is 127 Å². The van der Waals surface area contributed by atoms with E-state index in [0.29, 0.717) is 42.5 Å². The van der Waals surface area contributed by atoms with Crippen LogP contribution in [0.25, 0.3) is 10.9 Å². The van der Waals surface area contributed by atoms with Gasteiger partial charge in [0.05, 0.1) is 15.8 Å². The number of rotatable bonds is 10. The number of nitrogens with one attached hydrogen (secondary N) is 2. The summed E-state index contributed by atoms with van der Waals surface area (Å²) in [6.45, 7) is 0.977. The summed E-state index contributed by atoms with van der Waals surface area (Å²) in [4.78, 5) is 27.8. The molecule has 0 aliphatic carbocycles. The highest BCUT2D eigenvalue weighted by molar-refractivity contribution is 7.89. The summed E-state index contributed by atoms with van der Waals surface area (Å²) in [5, 5.41) is 8.55. The van der Waals surface area contributed by atoms with E-state index in [1.165, 1.54) is 12.1 Å². The molecule has 0 unspecified atom stereocenters. The highest BCUT2D eigenvalue weighted by atomic mass is 32.2. The summed E-state index contributed by atoms with van der Waals surface area (Å²) in [6, 6.07) is 13.6. The van der Waals surface area contributed by atoms with Gasteiger partial charge in [-0.05, 0) is 61.3 Å². The molecule has 10 heteroatoms. The Balaban J connectivity index is 1.37. The number of primary sulfonamides is 1. The standard InChI is InChI=1S/C22H26N4O4S2/c23-32(29,30)17-11-9-16(10-12-17)13-14-24-20(27)8-2-1-5-15-26-21(28)18-6-3-4-7-19(18)25-22(26)31/h3-4,6-7,9-12H,1-2,5,8,13-15H2,(H,24,27)(H,25,31)(H2,23,29,30). The van der Waals surface area contributed by atoms with E-state index in [0.717, 1.165) is 23.9 Å². The van der Waals surface area contributed by atoms with E-state index in [2.05, 4.69) is 10.3 Å². The monoisotopic (exact) mass is 474 g/mol. The van der Waals surface area contributed by atoms with Crippen LogP contribution in [0.1, 0.15) is 31.2 Å². The zero-order valence-electron chi connectivity index (χ0n) is 17.5. The van der Waals surface area contributed by atoms with E-state index in [-0.39, 0.29) is 16.4 Å². The number of hydrogen-bond acceptors (Lipinski definition) is 5. The molecule has 0 saturated carbocycles. The van der Waals surface area contributed by atoms with Crippen LogP contribution in [-0.2, 0) is 27.8 Å². The number of aromatic nitrogens is 2. The third kappa shape index (κ3) is 6.35. The molecule has 0 spiro atoms. The lowest BCUT2D eigenvalue weighted by molar-refractivity contribution is -0.121. The molecule has 0 aliphatic rings. The lowest BCUT2D eigenvalue weighted by Gasteiger charge is -2.08. The smallest absolute Gasteiger partial charge is 0.262 e. The summed E-state index contributed by atoms with van der Waals surface area (Å²) in [7, 11) is -3.70. The van der Waals surface area contributed by atoms with Gasteiger partial charge in [-0.15, -0.1) is 0 Å². The molecule has 0 fully saturated rings. The molecule has 1 aromatic heterocycles. The number of aromatic amines is 1. The van der Waals surface area contributed by atoms with E-state index in [1.54, 1.807) is 22.8 Å². The molecule has 8 nitrogen and oxygen atoms in total. The van der Waals surface area contributed by atoms with Crippen LogP contribution >= 0.6 is 12.2 Å². The summed E-state index contributed by atoms with van der Waals surface area (Å²) >= 11 is 5.31. The maximum absolute atomic E-state index is 12.6. The van der Waals surface area contributed by atoms with Gasteiger partial charge < -0.3 is 10.3 Å². The number of fused-ring (bicyclic) bond motifs is 1. The number of carbonyl (C=O) groups is 1. The van der Waals surface area contributed by atoms with Crippen LogP contribution in [0.2, 0.25) is 0 Å². The largest absolute Gasteiger partial charge is 0.356 e. The fraction of sp³-hybridized carbons (Fsp3) is 0.318. The molecule has 0 bridgehead atoms. The van der Waals surface area contributed by atoms with Crippen LogP contribution < -0.4 is 16.0 Å². The van der Waals surface area contributed by atoms with Crippen LogP contribution in [0.3, 0.4) is 0 Å². The highest BCUT2D eigenvalue weighted by Gasteiger charge is 2.08. The zero-order valence-corrected chi connectivity index (χ0v) is 19.2. The van der Waals surface area contributed by atoms with Crippen molar-refractivity contribution in [2.75, 3.05) is 6.54 Å². The molecule has 2 aromatic carbocycles. The number of para-hydroxylation sites is 1. The van der Waals surface area contributed by atoms with Gasteiger partial charge in [-0.1, -0.05) is 30.7 Å². The minimum absolute atomic E-state index is 0.0358. The minimum atomic E-state index is -3.70. The van der Waals surface area contributed by atoms with Crippen molar-refractivity contribution in [1.29, 1.82) is 0 Å². The lowest BCUT2D eigenvalue weighted by atomic mass is 10.1. The van der Waals surface area contributed by atoms with Crippen LogP contribution in [0, 0.1) is 4.77 Å². The average molecular weight is 475 g/mol. The van der Waals surface area contributed by atoms with Gasteiger partial charge in [0.2, 0.25) is 15.9 Å². The van der Waals surface area contributed by atoms with Gasteiger partial charge in [-0.2, -0.15) is 0 Å². The Bertz CT molecular complexity index is 1310. The lowest BCUT2D eigenvalue weighted by Crippen LogP contribution is -2.25. The summed E-state index contributed by atoms with van der Waals surface area (Å²) in [5.74, 6) is -0.0358. The molecule has 4 N–H and O–H groups in total. The number of benzene rings is 2. The van der Waals surface area contributed by atoms with Crippen molar-refractivity contribution in [2.24, 2.45) is 5.14 Å². The molecule has 32 heavy (non-hydrogen) atoms. The summed E-state index contributed by atoms with van der Waals surface area (Å²) < 4.78 is 24.5.